The Hall–Kier alpha value is -0.500. The first-order valence-corrected chi connectivity index (χ1v) is 8.09. The van der Waals surface area contributed by atoms with Crippen molar-refractivity contribution in [3.63, 3.8) is 0 Å². The Morgan fingerprint density at radius 3 is 2.72 bits per heavy atom. The zero-order valence-corrected chi connectivity index (χ0v) is 12.1. The van der Waals surface area contributed by atoms with Crippen LogP contribution in [0.5, 0.6) is 0 Å². The standard InChI is InChI=1S/C11H13BrFNO3S/c1-18(15,16)11-8(12)4-7(5-9(11)13)10-6-14-2-3-17-10/h4-5,10,14H,2-3,6H2,1H3. The maximum Gasteiger partial charge on any atom is 0.179 e. The highest BCUT2D eigenvalue weighted by atomic mass is 79.9. The Kier molecular flexibility index (Phi) is 4.05. The lowest BCUT2D eigenvalue weighted by Gasteiger charge is -2.24. The van der Waals surface area contributed by atoms with Crippen LogP contribution in [-0.2, 0) is 14.6 Å². The molecule has 1 aromatic carbocycles. The van der Waals surface area contributed by atoms with Gasteiger partial charge in [0.15, 0.2) is 9.84 Å². The van der Waals surface area contributed by atoms with Crippen LogP contribution in [0.1, 0.15) is 11.7 Å². The molecule has 4 nitrogen and oxygen atoms in total. The predicted octanol–water partition coefficient (Wildman–Crippen LogP) is 1.65. The molecule has 2 rings (SSSR count). The molecule has 0 amide bonds. The maximum atomic E-state index is 13.9. The maximum absolute atomic E-state index is 13.9. The van der Waals surface area contributed by atoms with E-state index in [1.165, 1.54) is 6.07 Å². The van der Waals surface area contributed by atoms with Gasteiger partial charge in [0.05, 0.1) is 12.7 Å². The van der Waals surface area contributed by atoms with Crippen LogP contribution in [0.2, 0.25) is 0 Å². The molecule has 1 aliphatic heterocycles. The van der Waals surface area contributed by atoms with Crippen LogP contribution >= 0.6 is 15.9 Å². The minimum absolute atomic E-state index is 0.231. The normalized spacial score (nSPS) is 20.9. The Labute approximate surface area is 114 Å². The fraction of sp³-hybridized carbons (Fsp3) is 0.455. The topological polar surface area (TPSA) is 55.4 Å². The van der Waals surface area contributed by atoms with E-state index in [1.54, 1.807) is 6.07 Å². The first-order valence-electron chi connectivity index (χ1n) is 5.41. The lowest BCUT2D eigenvalue weighted by Crippen LogP contribution is -2.33. The molecule has 1 aliphatic rings. The van der Waals surface area contributed by atoms with Gasteiger partial charge in [-0.3, -0.25) is 0 Å². The Morgan fingerprint density at radius 1 is 1.50 bits per heavy atom. The second kappa shape index (κ2) is 5.24. The number of morpholine rings is 1. The zero-order chi connectivity index (χ0) is 13.3. The lowest BCUT2D eigenvalue weighted by atomic mass is 10.1. The van der Waals surface area contributed by atoms with Gasteiger partial charge in [0, 0.05) is 23.8 Å². The van der Waals surface area contributed by atoms with Crippen LogP contribution in [0, 0.1) is 5.82 Å². The highest BCUT2D eigenvalue weighted by molar-refractivity contribution is 9.10. The van der Waals surface area contributed by atoms with E-state index in [9.17, 15) is 12.8 Å². The second-order valence-corrected chi connectivity index (χ2v) is 6.96. The third-order valence-electron chi connectivity index (χ3n) is 2.69. The number of sulfone groups is 1. The smallest absolute Gasteiger partial charge is 0.179 e. The van der Waals surface area contributed by atoms with Gasteiger partial charge >= 0.3 is 0 Å². The number of ether oxygens (including phenoxy) is 1. The van der Waals surface area contributed by atoms with Crippen molar-refractivity contribution in [2.75, 3.05) is 26.0 Å². The molecule has 100 valence electrons. The average Bonchev–Trinajstić information content (AvgIpc) is 2.27. The fourth-order valence-corrected chi connectivity index (χ4v) is 4.06. The van der Waals surface area contributed by atoms with Crippen molar-refractivity contribution < 1.29 is 17.5 Å². The van der Waals surface area contributed by atoms with Gasteiger partial charge in [0.1, 0.15) is 10.7 Å². The summed E-state index contributed by atoms with van der Waals surface area (Å²) in [5, 5.41) is 3.14. The van der Waals surface area contributed by atoms with Crippen molar-refractivity contribution in [2.45, 2.75) is 11.0 Å². The number of benzene rings is 1. The summed E-state index contributed by atoms with van der Waals surface area (Å²) < 4.78 is 42.5. The van der Waals surface area contributed by atoms with Gasteiger partial charge in [-0.2, -0.15) is 0 Å². The van der Waals surface area contributed by atoms with Crippen LogP contribution in [0.3, 0.4) is 0 Å². The van der Waals surface area contributed by atoms with Gasteiger partial charge in [0.25, 0.3) is 0 Å². The van der Waals surface area contributed by atoms with E-state index in [0.29, 0.717) is 18.7 Å². The van der Waals surface area contributed by atoms with Crippen LogP contribution in [0.4, 0.5) is 4.39 Å². The van der Waals surface area contributed by atoms with Gasteiger partial charge in [-0.25, -0.2) is 12.8 Å². The van der Waals surface area contributed by atoms with E-state index in [2.05, 4.69) is 21.2 Å². The first-order chi connectivity index (χ1) is 8.39. The quantitative estimate of drug-likeness (QED) is 0.891. The summed E-state index contributed by atoms with van der Waals surface area (Å²) in [6.45, 7) is 1.91. The van der Waals surface area contributed by atoms with E-state index in [-0.39, 0.29) is 15.5 Å². The average molecular weight is 338 g/mol. The monoisotopic (exact) mass is 337 g/mol. The van der Waals surface area contributed by atoms with Crippen molar-refractivity contribution in [3.8, 4) is 0 Å². The van der Waals surface area contributed by atoms with E-state index in [4.69, 9.17) is 4.74 Å². The molecule has 0 saturated carbocycles. The predicted molar refractivity (Wildman–Crippen MR) is 68.8 cm³/mol. The highest BCUT2D eigenvalue weighted by Crippen LogP contribution is 2.30. The summed E-state index contributed by atoms with van der Waals surface area (Å²) in [7, 11) is -3.59. The molecule has 1 fully saturated rings. The van der Waals surface area contributed by atoms with Crippen LogP contribution in [0.25, 0.3) is 0 Å². The summed E-state index contributed by atoms with van der Waals surface area (Å²) in [5.74, 6) is -0.754. The van der Waals surface area contributed by atoms with E-state index >= 15 is 0 Å². The lowest BCUT2D eigenvalue weighted by molar-refractivity contribution is 0.0274. The molecule has 1 unspecified atom stereocenters. The van der Waals surface area contributed by atoms with Gasteiger partial charge in [0.2, 0.25) is 0 Å². The van der Waals surface area contributed by atoms with Crippen molar-refractivity contribution in [2.24, 2.45) is 0 Å². The van der Waals surface area contributed by atoms with Gasteiger partial charge in [-0.15, -0.1) is 0 Å². The summed E-state index contributed by atoms with van der Waals surface area (Å²) in [6, 6.07) is 2.82. The van der Waals surface area contributed by atoms with Gasteiger partial charge < -0.3 is 10.1 Å². The summed E-state index contributed by atoms with van der Waals surface area (Å²) >= 11 is 3.11. The molecular weight excluding hydrogens is 325 g/mol. The first kappa shape index (κ1) is 13.9. The number of rotatable bonds is 2. The highest BCUT2D eigenvalue weighted by Gasteiger charge is 2.23. The molecule has 1 N–H and O–H groups in total. The Morgan fingerprint density at radius 2 is 2.22 bits per heavy atom. The molecule has 1 heterocycles. The van der Waals surface area contributed by atoms with E-state index in [0.717, 1.165) is 12.8 Å². The molecule has 0 spiro atoms. The number of hydrogen-bond acceptors (Lipinski definition) is 4. The molecule has 1 atom stereocenters. The fourth-order valence-electron chi connectivity index (χ4n) is 1.90. The van der Waals surface area contributed by atoms with E-state index < -0.39 is 15.7 Å². The van der Waals surface area contributed by atoms with Crippen molar-refractivity contribution >= 4 is 25.8 Å². The van der Waals surface area contributed by atoms with Gasteiger partial charge in [-0.1, -0.05) is 0 Å². The third kappa shape index (κ3) is 2.90. The molecule has 0 bridgehead atoms. The van der Waals surface area contributed by atoms with Crippen LogP contribution < -0.4 is 5.32 Å². The minimum atomic E-state index is -3.59. The largest absolute Gasteiger partial charge is 0.371 e. The zero-order valence-electron chi connectivity index (χ0n) is 9.74. The Balaban J connectivity index is 2.42. The van der Waals surface area contributed by atoms with Crippen LogP contribution in [-0.4, -0.2) is 34.4 Å². The van der Waals surface area contributed by atoms with Crippen molar-refractivity contribution in [1.29, 1.82) is 0 Å². The van der Waals surface area contributed by atoms with Crippen LogP contribution in [0.15, 0.2) is 21.5 Å². The third-order valence-corrected chi connectivity index (χ3v) is 4.74. The molecule has 0 aliphatic carbocycles. The summed E-state index contributed by atoms with van der Waals surface area (Å²) in [4.78, 5) is -0.310. The van der Waals surface area contributed by atoms with Gasteiger partial charge in [-0.05, 0) is 33.6 Å². The summed E-state index contributed by atoms with van der Waals surface area (Å²) in [5.41, 5.74) is 0.624. The minimum Gasteiger partial charge on any atom is -0.371 e. The molecule has 18 heavy (non-hydrogen) atoms. The molecule has 0 aromatic heterocycles. The number of halogens is 2. The van der Waals surface area contributed by atoms with E-state index in [1.807, 2.05) is 0 Å². The Bertz CT molecular complexity index is 532. The van der Waals surface area contributed by atoms with Crippen molar-refractivity contribution in [1.82, 2.24) is 5.32 Å². The molecule has 1 saturated heterocycles. The van der Waals surface area contributed by atoms with Crippen molar-refractivity contribution in [3.05, 3.63) is 28.0 Å². The molecule has 1 aromatic rings. The second-order valence-electron chi connectivity index (χ2n) is 4.15. The SMILES string of the molecule is CS(=O)(=O)c1c(F)cc(C2CNCCO2)cc1Br. The summed E-state index contributed by atoms with van der Waals surface area (Å²) in [6.07, 6.45) is 0.729. The number of hydrogen-bond donors (Lipinski definition) is 1. The molecular formula is C11H13BrFNO3S. The molecule has 7 heteroatoms. The molecule has 0 radical (unpaired) electrons. The number of nitrogens with one attached hydrogen (secondary N) is 1.